The predicted octanol–water partition coefficient (Wildman–Crippen LogP) is 4.18. The Morgan fingerprint density at radius 3 is 2.21 bits per heavy atom. The van der Waals surface area contributed by atoms with Gasteiger partial charge >= 0.3 is 0 Å². The van der Waals surface area contributed by atoms with E-state index in [0.717, 1.165) is 28.6 Å². The van der Waals surface area contributed by atoms with Crippen molar-refractivity contribution in [3.63, 3.8) is 0 Å². The summed E-state index contributed by atoms with van der Waals surface area (Å²) < 4.78 is 5.74. The molecule has 0 unspecified atom stereocenters. The smallest absolute Gasteiger partial charge is 0.137 e. The largest absolute Gasteiger partial charge is 0.457 e. The second-order valence-electron chi connectivity index (χ2n) is 4.35. The zero-order valence-corrected chi connectivity index (χ0v) is 10.6. The lowest BCUT2D eigenvalue weighted by Crippen LogP contribution is -1.85. The molecule has 2 aromatic carbocycles. The van der Waals surface area contributed by atoms with Gasteiger partial charge < -0.3 is 9.72 Å². The van der Waals surface area contributed by atoms with Crippen LogP contribution in [-0.4, -0.2) is 9.97 Å². The van der Waals surface area contributed by atoms with E-state index in [4.69, 9.17) is 4.74 Å². The number of aryl methyl sites for hydroxylation is 1. The van der Waals surface area contributed by atoms with Crippen LogP contribution < -0.4 is 4.74 Å². The number of hydrogen-bond donors (Lipinski definition) is 1. The molecule has 0 amide bonds. The average molecular weight is 250 g/mol. The van der Waals surface area contributed by atoms with E-state index in [9.17, 15) is 0 Å². The molecule has 1 aromatic heterocycles. The number of benzene rings is 2. The molecule has 3 heteroatoms. The van der Waals surface area contributed by atoms with Crippen LogP contribution in [0.4, 0.5) is 0 Å². The molecule has 1 heterocycles. The summed E-state index contributed by atoms with van der Waals surface area (Å²) in [6.45, 7) is 1.99. The Morgan fingerprint density at radius 1 is 0.895 bits per heavy atom. The second kappa shape index (κ2) is 4.98. The maximum absolute atomic E-state index is 5.74. The van der Waals surface area contributed by atoms with Crippen molar-refractivity contribution in [2.45, 2.75) is 6.92 Å². The van der Waals surface area contributed by atoms with Gasteiger partial charge in [0.25, 0.3) is 0 Å². The van der Waals surface area contributed by atoms with Gasteiger partial charge in [0.2, 0.25) is 0 Å². The summed E-state index contributed by atoms with van der Waals surface area (Å²) in [7, 11) is 0. The highest BCUT2D eigenvalue weighted by Crippen LogP contribution is 2.24. The Bertz CT molecular complexity index is 657. The number of imidazole rings is 1. The number of H-pyrrole nitrogens is 1. The third-order valence-electron chi connectivity index (χ3n) is 2.81. The Hall–Kier alpha value is -2.55. The van der Waals surface area contributed by atoms with Gasteiger partial charge in [-0.3, -0.25) is 0 Å². The first kappa shape index (κ1) is 11.5. The van der Waals surface area contributed by atoms with Crippen LogP contribution in [0, 0.1) is 6.92 Å². The lowest BCUT2D eigenvalue weighted by Gasteiger charge is -2.05. The fourth-order valence-electron chi connectivity index (χ4n) is 1.86. The quantitative estimate of drug-likeness (QED) is 0.757. The number of hydrogen-bond acceptors (Lipinski definition) is 2. The number of aromatic nitrogens is 2. The van der Waals surface area contributed by atoms with Gasteiger partial charge in [0.05, 0.1) is 0 Å². The van der Waals surface area contributed by atoms with Gasteiger partial charge in [-0.05, 0) is 43.3 Å². The van der Waals surface area contributed by atoms with E-state index in [1.54, 1.807) is 0 Å². The summed E-state index contributed by atoms with van der Waals surface area (Å²) in [4.78, 5) is 7.51. The highest BCUT2D eigenvalue weighted by Gasteiger charge is 2.02. The standard InChI is InChI=1S/C16H14N2O/c1-12-11-17-16(18-12)13-7-9-15(10-8-13)19-14-5-3-2-4-6-14/h2-11H,1H3,(H,17,18). The normalized spacial score (nSPS) is 10.4. The van der Waals surface area contributed by atoms with E-state index < -0.39 is 0 Å². The Balaban J connectivity index is 1.79. The Morgan fingerprint density at radius 2 is 1.58 bits per heavy atom. The van der Waals surface area contributed by atoms with Crippen molar-refractivity contribution in [1.29, 1.82) is 0 Å². The molecule has 0 aliphatic heterocycles. The van der Waals surface area contributed by atoms with Gasteiger partial charge in [-0.25, -0.2) is 4.98 Å². The Kier molecular flexibility index (Phi) is 3.02. The first-order chi connectivity index (χ1) is 9.31. The van der Waals surface area contributed by atoms with E-state index in [2.05, 4.69) is 9.97 Å². The molecule has 19 heavy (non-hydrogen) atoms. The van der Waals surface area contributed by atoms with Gasteiger partial charge in [-0.2, -0.15) is 0 Å². The molecule has 3 nitrogen and oxygen atoms in total. The van der Waals surface area contributed by atoms with E-state index >= 15 is 0 Å². The average Bonchev–Trinajstić information content (AvgIpc) is 2.87. The van der Waals surface area contributed by atoms with Gasteiger partial charge in [0.1, 0.15) is 17.3 Å². The van der Waals surface area contributed by atoms with Crippen molar-refractivity contribution in [1.82, 2.24) is 9.97 Å². The molecular weight excluding hydrogens is 236 g/mol. The highest BCUT2D eigenvalue weighted by atomic mass is 16.5. The summed E-state index contributed by atoms with van der Waals surface area (Å²) in [5.74, 6) is 2.53. The minimum Gasteiger partial charge on any atom is -0.457 e. The molecule has 0 fully saturated rings. The summed E-state index contributed by atoms with van der Waals surface area (Å²) in [6, 6.07) is 17.6. The zero-order valence-electron chi connectivity index (χ0n) is 10.6. The lowest BCUT2D eigenvalue weighted by atomic mass is 10.2. The van der Waals surface area contributed by atoms with Crippen LogP contribution in [0.25, 0.3) is 11.4 Å². The Labute approximate surface area is 111 Å². The van der Waals surface area contributed by atoms with Crippen molar-refractivity contribution >= 4 is 0 Å². The molecule has 0 radical (unpaired) electrons. The van der Waals surface area contributed by atoms with E-state index in [-0.39, 0.29) is 0 Å². The monoisotopic (exact) mass is 250 g/mol. The van der Waals surface area contributed by atoms with Crippen molar-refractivity contribution in [2.75, 3.05) is 0 Å². The fraction of sp³-hybridized carbons (Fsp3) is 0.0625. The summed E-state index contributed by atoms with van der Waals surface area (Å²) in [5.41, 5.74) is 2.10. The number of aromatic amines is 1. The second-order valence-corrected chi connectivity index (χ2v) is 4.35. The van der Waals surface area contributed by atoms with Crippen molar-refractivity contribution in [3.05, 3.63) is 66.5 Å². The molecule has 0 spiro atoms. The van der Waals surface area contributed by atoms with Gasteiger partial charge in [-0.15, -0.1) is 0 Å². The van der Waals surface area contributed by atoms with Crippen LogP contribution in [0.15, 0.2) is 60.8 Å². The van der Waals surface area contributed by atoms with Crippen LogP contribution in [0.5, 0.6) is 11.5 Å². The first-order valence-electron chi connectivity index (χ1n) is 6.16. The molecule has 3 rings (SSSR count). The van der Waals surface area contributed by atoms with Crippen LogP contribution in [-0.2, 0) is 0 Å². The molecule has 0 atom stereocenters. The predicted molar refractivity (Wildman–Crippen MR) is 75.3 cm³/mol. The topological polar surface area (TPSA) is 37.9 Å². The summed E-state index contributed by atoms with van der Waals surface area (Å²) >= 11 is 0. The summed E-state index contributed by atoms with van der Waals surface area (Å²) in [5, 5.41) is 0. The van der Waals surface area contributed by atoms with Gasteiger partial charge in [0, 0.05) is 17.5 Å². The van der Waals surface area contributed by atoms with Crippen molar-refractivity contribution in [2.24, 2.45) is 0 Å². The molecule has 3 aromatic rings. The van der Waals surface area contributed by atoms with Crippen molar-refractivity contribution in [3.8, 4) is 22.9 Å². The van der Waals surface area contributed by atoms with Crippen LogP contribution in [0.1, 0.15) is 5.69 Å². The lowest BCUT2D eigenvalue weighted by molar-refractivity contribution is 0.483. The molecule has 0 aliphatic rings. The highest BCUT2D eigenvalue weighted by molar-refractivity contribution is 5.56. The van der Waals surface area contributed by atoms with Crippen LogP contribution in [0.3, 0.4) is 0 Å². The first-order valence-corrected chi connectivity index (χ1v) is 6.16. The molecule has 0 aliphatic carbocycles. The minimum atomic E-state index is 0.818. The number of rotatable bonds is 3. The van der Waals surface area contributed by atoms with Gasteiger partial charge in [-0.1, -0.05) is 18.2 Å². The summed E-state index contributed by atoms with van der Waals surface area (Å²) in [6.07, 6.45) is 1.82. The maximum Gasteiger partial charge on any atom is 0.137 e. The number of nitrogens with one attached hydrogen (secondary N) is 1. The SMILES string of the molecule is Cc1cnc(-c2ccc(Oc3ccccc3)cc2)[nH]1. The number of ether oxygens (including phenoxy) is 1. The molecular formula is C16H14N2O. The van der Waals surface area contributed by atoms with Gasteiger partial charge in [0.15, 0.2) is 0 Å². The van der Waals surface area contributed by atoms with Crippen LogP contribution in [0.2, 0.25) is 0 Å². The van der Waals surface area contributed by atoms with Crippen LogP contribution >= 0.6 is 0 Å². The zero-order chi connectivity index (χ0) is 13.1. The molecule has 94 valence electrons. The minimum absolute atomic E-state index is 0.818. The molecule has 1 N–H and O–H groups in total. The molecule has 0 saturated carbocycles. The third kappa shape index (κ3) is 2.65. The van der Waals surface area contributed by atoms with E-state index in [1.807, 2.05) is 67.7 Å². The molecule has 0 bridgehead atoms. The van der Waals surface area contributed by atoms with E-state index in [0.29, 0.717) is 0 Å². The van der Waals surface area contributed by atoms with E-state index in [1.165, 1.54) is 0 Å². The fourth-order valence-corrected chi connectivity index (χ4v) is 1.86. The third-order valence-corrected chi connectivity index (χ3v) is 2.81. The number of nitrogens with zero attached hydrogens (tertiary/aromatic N) is 1. The molecule has 0 saturated heterocycles. The number of para-hydroxylation sites is 1. The van der Waals surface area contributed by atoms with Crippen molar-refractivity contribution < 1.29 is 4.74 Å². The maximum atomic E-state index is 5.74.